The lowest BCUT2D eigenvalue weighted by Gasteiger charge is -2.14. The molecule has 0 aliphatic heterocycles. The molecule has 0 aromatic heterocycles. The van der Waals surface area contributed by atoms with E-state index < -0.39 is 0 Å². The number of benzene rings is 1. The van der Waals surface area contributed by atoms with Gasteiger partial charge in [-0.05, 0) is 63.1 Å². The van der Waals surface area contributed by atoms with Crippen molar-refractivity contribution in [1.29, 1.82) is 0 Å². The van der Waals surface area contributed by atoms with Gasteiger partial charge in [0.05, 0.1) is 8.95 Å². The van der Waals surface area contributed by atoms with Crippen molar-refractivity contribution in [2.24, 2.45) is 0 Å². The number of hydrogen-bond donors (Lipinski definition) is 2. The van der Waals surface area contributed by atoms with Gasteiger partial charge in [-0.2, -0.15) is 0 Å². The van der Waals surface area contributed by atoms with Crippen molar-refractivity contribution >= 4 is 31.9 Å². The number of rotatable bonds is 6. The van der Waals surface area contributed by atoms with Crippen molar-refractivity contribution in [1.82, 2.24) is 10.2 Å². The minimum absolute atomic E-state index is 0.250. The highest BCUT2D eigenvalue weighted by Crippen LogP contribution is 2.33. The van der Waals surface area contributed by atoms with Gasteiger partial charge in [0.1, 0.15) is 5.75 Å². The number of phenolic OH excluding ortho intramolecular Hbond substituents is 1. The molecule has 96 valence electrons. The van der Waals surface area contributed by atoms with E-state index in [2.05, 4.69) is 56.0 Å². The van der Waals surface area contributed by atoms with E-state index in [9.17, 15) is 5.11 Å². The highest BCUT2D eigenvalue weighted by molar-refractivity contribution is 9.11. The number of aromatic hydroxyl groups is 1. The Morgan fingerprint density at radius 3 is 2.41 bits per heavy atom. The molecule has 1 aromatic carbocycles. The minimum Gasteiger partial charge on any atom is -0.506 e. The van der Waals surface area contributed by atoms with Gasteiger partial charge in [-0.3, -0.25) is 0 Å². The monoisotopic (exact) mass is 364 g/mol. The first-order valence-corrected chi connectivity index (χ1v) is 7.19. The van der Waals surface area contributed by atoms with Crippen LogP contribution in [-0.2, 0) is 6.54 Å². The van der Waals surface area contributed by atoms with Crippen LogP contribution in [0.2, 0.25) is 0 Å². The third-order valence-electron chi connectivity index (χ3n) is 2.62. The van der Waals surface area contributed by atoms with E-state index in [0.717, 1.165) is 31.7 Å². The molecule has 1 rings (SSSR count). The molecule has 5 heteroatoms. The molecule has 0 radical (unpaired) electrons. The van der Waals surface area contributed by atoms with Gasteiger partial charge in [0, 0.05) is 19.6 Å². The number of nitrogens with one attached hydrogen (secondary N) is 1. The Kier molecular flexibility index (Phi) is 6.48. The molecule has 0 heterocycles. The first-order valence-electron chi connectivity index (χ1n) is 5.60. The van der Waals surface area contributed by atoms with Crippen LogP contribution < -0.4 is 5.32 Å². The summed E-state index contributed by atoms with van der Waals surface area (Å²) >= 11 is 6.65. The molecule has 17 heavy (non-hydrogen) atoms. The Bertz CT molecular complexity index is 349. The molecule has 0 atom stereocenters. The Morgan fingerprint density at radius 1 is 1.29 bits per heavy atom. The lowest BCUT2D eigenvalue weighted by Crippen LogP contribution is -2.28. The predicted octanol–water partition coefficient (Wildman–Crippen LogP) is 2.96. The van der Waals surface area contributed by atoms with E-state index in [1.807, 2.05) is 12.1 Å². The molecule has 0 spiro atoms. The molecule has 0 aliphatic carbocycles. The molecule has 0 fully saturated rings. The molecular formula is C12H18Br2N2O. The first kappa shape index (κ1) is 15.0. The second kappa shape index (κ2) is 7.36. The summed E-state index contributed by atoms with van der Waals surface area (Å²) in [7, 11) is 2.11. The van der Waals surface area contributed by atoms with Gasteiger partial charge in [0.2, 0.25) is 0 Å². The van der Waals surface area contributed by atoms with Crippen LogP contribution in [0.15, 0.2) is 21.1 Å². The van der Waals surface area contributed by atoms with E-state index >= 15 is 0 Å². The van der Waals surface area contributed by atoms with Crippen LogP contribution in [0, 0.1) is 0 Å². The van der Waals surface area contributed by atoms with Crippen LogP contribution in [0.1, 0.15) is 12.5 Å². The fourth-order valence-corrected chi connectivity index (χ4v) is 2.66. The Hall–Kier alpha value is -0.100. The van der Waals surface area contributed by atoms with E-state index in [1.165, 1.54) is 0 Å². The van der Waals surface area contributed by atoms with Crippen LogP contribution in [0.4, 0.5) is 0 Å². The third-order valence-corrected chi connectivity index (χ3v) is 3.82. The Balaban J connectivity index is 2.42. The molecule has 0 saturated carbocycles. The SMILES string of the molecule is CCN(C)CCNCc1cc(Br)c(O)c(Br)c1. The fourth-order valence-electron chi connectivity index (χ4n) is 1.38. The van der Waals surface area contributed by atoms with Gasteiger partial charge in [-0.1, -0.05) is 6.92 Å². The van der Waals surface area contributed by atoms with E-state index in [0.29, 0.717) is 8.95 Å². The number of phenols is 1. The quantitative estimate of drug-likeness (QED) is 0.761. The number of likely N-dealkylation sites (N-methyl/N-ethyl adjacent to an activating group) is 1. The maximum atomic E-state index is 9.59. The van der Waals surface area contributed by atoms with Gasteiger partial charge >= 0.3 is 0 Å². The average Bonchev–Trinajstić information content (AvgIpc) is 2.31. The topological polar surface area (TPSA) is 35.5 Å². The van der Waals surface area contributed by atoms with Crippen molar-refractivity contribution in [3.8, 4) is 5.75 Å². The Morgan fingerprint density at radius 2 is 1.88 bits per heavy atom. The van der Waals surface area contributed by atoms with Crippen LogP contribution in [0.25, 0.3) is 0 Å². The third kappa shape index (κ3) is 4.95. The van der Waals surface area contributed by atoms with Gasteiger partial charge in [-0.15, -0.1) is 0 Å². The van der Waals surface area contributed by atoms with Crippen molar-refractivity contribution in [2.45, 2.75) is 13.5 Å². The van der Waals surface area contributed by atoms with E-state index in [-0.39, 0.29) is 5.75 Å². The lowest BCUT2D eigenvalue weighted by atomic mass is 10.2. The first-order chi connectivity index (χ1) is 8.04. The molecule has 0 bridgehead atoms. The maximum absolute atomic E-state index is 9.59. The zero-order valence-electron chi connectivity index (χ0n) is 10.1. The molecule has 2 N–H and O–H groups in total. The zero-order valence-corrected chi connectivity index (χ0v) is 13.3. The molecule has 0 aliphatic rings. The van der Waals surface area contributed by atoms with E-state index in [1.54, 1.807) is 0 Å². The smallest absolute Gasteiger partial charge is 0.143 e. The molecule has 0 unspecified atom stereocenters. The maximum Gasteiger partial charge on any atom is 0.143 e. The highest BCUT2D eigenvalue weighted by atomic mass is 79.9. The summed E-state index contributed by atoms with van der Waals surface area (Å²) in [6.07, 6.45) is 0. The summed E-state index contributed by atoms with van der Waals surface area (Å²) in [4.78, 5) is 2.26. The van der Waals surface area contributed by atoms with Crippen molar-refractivity contribution in [3.05, 3.63) is 26.6 Å². The summed E-state index contributed by atoms with van der Waals surface area (Å²) in [5.41, 5.74) is 1.14. The summed E-state index contributed by atoms with van der Waals surface area (Å²) in [6.45, 7) is 6.01. The molecule has 1 aromatic rings. The van der Waals surface area contributed by atoms with Gasteiger partial charge < -0.3 is 15.3 Å². The molecule has 3 nitrogen and oxygen atoms in total. The number of nitrogens with zero attached hydrogens (tertiary/aromatic N) is 1. The van der Waals surface area contributed by atoms with Gasteiger partial charge in [0.25, 0.3) is 0 Å². The van der Waals surface area contributed by atoms with Gasteiger partial charge in [0.15, 0.2) is 0 Å². The average molecular weight is 366 g/mol. The van der Waals surface area contributed by atoms with Crippen molar-refractivity contribution < 1.29 is 5.11 Å². The van der Waals surface area contributed by atoms with Crippen LogP contribution in [-0.4, -0.2) is 36.7 Å². The van der Waals surface area contributed by atoms with Crippen LogP contribution in [0.3, 0.4) is 0 Å². The normalized spacial score (nSPS) is 11.1. The Labute approximate surface area is 119 Å². The summed E-state index contributed by atoms with van der Waals surface area (Å²) < 4.78 is 1.43. The predicted molar refractivity (Wildman–Crippen MR) is 78.4 cm³/mol. The van der Waals surface area contributed by atoms with Crippen LogP contribution >= 0.6 is 31.9 Å². The van der Waals surface area contributed by atoms with Crippen LogP contribution in [0.5, 0.6) is 5.75 Å². The highest BCUT2D eigenvalue weighted by Gasteiger charge is 2.05. The minimum atomic E-state index is 0.250. The largest absolute Gasteiger partial charge is 0.506 e. The number of hydrogen-bond acceptors (Lipinski definition) is 3. The lowest BCUT2D eigenvalue weighted by molar-refractivity contribution is 0.349. The van der Waals surface area contributed by atoms with Gasteiger partial charge in [-0.25, -0.2) is 0 Å². The van der Waals surface area contributed by atoms with E-state index in [4.69, 9.17) is 0 Å². The summed E-state index contributed by atoms with van der Waals surface area (Å²) in [5.74, 6) is 0.250. The number of halogens is 2. The zero-order chi connectivity index (χ0) is 12.8. The molecule has 0 amide bonds. The summed E-state index contributed by atoms with van der Waals surface area (Å²) in [5, 5.41) is 13.0. The summed E-state index contributed by atoms with van der Waals surface area (Å²) in [6, 6.07) is 3.85. The molecular weight excluding hydrogens is 348 g/mol. The second-order valence-electron chi connectivity index (χ2n) is 3.98. The fraction of sp³-hybridized carbons (Fsp3) is 0.500. The van der Waals surface area contributed by atoms with Crippen molar-refractivity contribution in [3.63, 3.8) is 0 Å². The van der Waals surface area contributed by atoms with Crippen molar-refractivity contribution in [2.75, 3.05) is 26.7 Å². The standard InChI is InChI=1S/C12H18Br2N2O/c1-3-16(2)5-4-15-8-9-6-10(13)12(17)11(14)7-9/h6-7,15,17H,3-5,8H2,1-2H3. The molecule has 0 saturated heterocycles. The second-order valence-corrected chi connectivity index (χ2v) is 5.69.